The van der Waals surface area contributed by atoms with Gasteiger partial charge in [0, 0.05) is 32.5 Å². The summed E-state index contributed by atoms with van der Waals surface area (Å²) in [5, 5.41) is 2.99. The highest BCUT2D eigenvalue weighted by molar-refractivity contribution is 5.95. The van der Waals surface area contributed by atoms with Gasteiger partial charge in [-0.05, 0) is 12.0 Å². The van der Waals surface area contributed by atoms with Crippen LogP contribution in [0.5, 0.6) is 0 Å². The van der Waals surface area contributed by atoms with Gasteiger partial charge in [0.15, 0.2) is 0 Å². The molecule has 1 N–H and O–H groups in total. The Balaban J connectivity index is 2.16. The molecule has 2 heterocycles. The first-order chi connectivity index (χ1) is 8.20. The molecule has 0 spiro atoms. The van der Waals surface area contributed by atoms with Gasteiger partial charge in [0.2, 0.25) is 0 Å². The number of nitrogens with one attached hydrogen (secondary N) is 1. The van der Waals surface area contributed by atoms with E-state index in [2.05, 4.69) is 23.3 Å². The first kappa shape index (κ1) is 11.6. The predicted octanol–water partition coefficient (Wildman–Crippen LogP) is 1.77. The Labute approximate surface area is 101 Å². The second kappa shape index (κ2) is 4.99. The van der Waals surface area contributed by atoms with E-state index in [1.165, 1.54) is 0 Å². The van der Waals surface area contributed by atoms with Crippen molar-refractivity contribution in [2.24, 2.45) is 5.92 Å². The van der Waals surface area contributed by atoms with Crippen molar-refractivity contribution in [1.82, 2.24) is 9.88 Å². The second-order valence-electron chi connectivity index (χ2n) is 4.33. The Morgan fingerprint density at radius 3 is 3.06 bits per heavy atom. The molecule has 1 amide bonds. The minimum atomic E-state index is 0.0470. The molecular weight excluding hydrogens is 214 g/mol. The maximum Gasteiger partial charge on any atom is 0.255 e. The zero-order valence-electron chi connectivity index (χ0n) is 10.2. The predicted molar refractivity (Wildman–Crippen MR) is 68.0 cm³/mol. The van der Waals surface area contributed by atoms with Crippen LogP contribution in [0.3, 0.4) is 0 Å². The number of anilines is 1. The zero-order valence-corrected chi connectivity index (χ0v) is 10.2. The van der Waals surface area contributed by atoms with E-state index in [0.717, 1.165) is 12.2 Å². The van der Waals surface area contributed by atoms with E-state index in [1.54, 1.807) is 12.4 Å². The van der Waals surface area contributed by atoms with Gasteiger partial charge < -0.3 is 10.2 Å². The van der Waals surface area contributed by atoms with Gasteiger partial charge in [-0.3, -0.25) is 9.78 Å². The van der Waals surface area contributed by atoms with Crippen LogP contribution in [0.15, 0.2) is 30.6 Å². The van der Waals surface area contributed by atoms with Gasteiger partial charge in [0.05, 0.1) is 11.3 Å². The van der Waals surface area contributed by atoms with Crippen LogP contribution in [0, 0.1) is 5.92 Å². The van der Waals surface area contributed by atoms with Crippen molar-refractivity contribution in [1.29, 1.82) is 0 Å². The standard InChI is InChI=1S/C13H17N3O/c1-10-4-3-5-16(9-10)13(17)11-6-12(14-2)8-15-7-11/h3-4,6-8,10,14H,5,9H2,1-2H3/t10-/m1/s1. The third-order valence-corrected chi connectivity index (χ3v) is 2.86. The summed E-state index contributed by atoms with van der Waals surface area (Å²) >= 11 is 0. The van der Waals surface area contributed by atoms with Crippen LogP contribution >= 0.6 is 0 Å². The fourth-order valence-electron chi connectivity index (χ4n) is 1.95. The lowest BCUT2D eigenvalue weighted by Gasteiger charge is -2.27. The molecule has 0 aromatic carbocycles. The highest BCUT2D eigenvalue weighted by Crippen LogP contribution is 2.14. The van der Waals surface area contributed by atoms with Gasteiger partial charge in [0.25, 0.3) is 5.91 Å². The van der Waals surface area contributed by atoms with Crippen molar-refractivity contribution in [3.05, 3.63) is 36.2 Å². The van der Waals surface area contributed by atoms with E-state index >= 15 is 0 Å². The summed E-state index contributed by atoms with van der Waals surface area (Å²) in [7, 11) is 1.82. The van der Waals surface area contributed by atoms with Crippen LogP contribution in [-0.4, -0.2) is 35.9 Å². The van der Waals surface area contributed by atoms with E-state index in [-0.39, 0.29) is 5.91 Å². The highest BCUT2D eigenvalue weighted by Gasteiger charge is 2.19. The molecule has 1 aliphatic rings. The Morgan fingerprint density at radius 2 is 2.35 bits per heavy atom. The lowest BCUT2D eigenvalue weighted by atomic mass is 10.1. The third kappa shape index (κ3) is 2.64. The van der Waals surface area contributed by atoms with Crippen molar-refractivity contribution in [3.8, 4) is 0 Å². The maximum atomic E-state index is 12.2. The average molecular weight is 231 g/mol. The van der Waals surface area contributed by atoms with Gasteiger partial charge >= 0.3 is 0 Å². The van der Waals surface area contributed by atoms with E-state index in [4.69, 9.17) is 0 Å². The summed E-state index contributed by atoms with van der Waals surface area (Å²) in [4.78, 5) is 18.1. The topological polar surface area (TPSA) is 45.2 Å². The van der Waals surface area contributed by atoms with Crippen LogP contribution in [0.2, 0.25) is 0 Å². The van der Waals surface area contributed by atoms with E-state index in [0.29, 0.717) is 18.0 Å². The van der Waals surface area contributed by atoms with Crippen molar-refractivity contribution < 1.29 is 4.79 Å². The molecule has 0 saturated heterocycles. The van der Waals surface area contributed by atoms with Gasteiger partial charge in [0.1, 0.15) is 0 Å². The molecule has 90 valence electrons. The molecule has 0 bridgehead atoms. The number of aromatic nitrogens is 1. The normalized spacial score (nSPS) is 19.2. The largest absolute Gasteiger partial charge is 0.387 e. The smallest absolute Gasteiger partial charge is 0.255 e. The van der Waals surface area contributed by atoms with Crippen molar-refractivity contribution in [3.63, 3.8) is 0 Å². The summed E-state index contributed by atoms with van der Waals surface area (Å²) in [6.07, 6.45) is 7.51. The summed E-state index contributed by atoms with van der Waals surface area (Å²) in [6.45, 7) is 3.57. The van der Waals surface area contributed by atoms with Crippen molar-refractivity contribution >= 4 is 11.6 Å². The van der Waals surface area contributed by atoms with Crippen LogP contribution < -0.4 is 5.32 Å². The Hall–Kier alpha value is -1.84. The van der Waals surface area contributed by atoms with Gasteiger partial charge in [-0.1, -0.05) is 19.1 Å². The second-order valence-corrected chi connectivity index (χ2v) is 4.33. The fourth-order valence-corrected chi connectivity index (χ4v) is 1.95. The van der Waals surface area contributed by atoms with Crippen LogP contribution in [0.1, 0.15) is 17.3 Å². The van der Waals surface area contributed by atoms with Gasteiger partial charge in [-0.25, -0.2) is 0 Å². The molecule has 2 rings (SSSR count). The average Bonchev–Trinajstić information content (AvgIpc) is 2.38. The van der Waals surface area contributed by atoms with E-state index in [1.807, 2.05) is 24.1 Å². The summed E-state index contributed by atoms with van der Waals surface area (Å²) in [5.41, 5.74) is 1.50. The summed E-state index contributed by atoms with van der Waals surface area (Å²) in [5.74, 6) is 0.471. The zero-order chi connectivity index (χ0) is 12.3. The summed E-state index contributed by atoms with van der Waals surface area (Å²) < 4.78 is 0. The van der Waals surface area contributed by atoms with Crippen LogP contribution in [0.25, 0.3) is 0 Å². The van der Waals surface area contributed by atoms with Crippen LogP contribution in [0.4, 0.5) is 5.69 Å². The molecule has 17 heavy (non-hydrogen) atoms. The van der Waals surface area contributed by atoms with E-state index in [9.17, 15) is 4.79 Å². The van der Waals surface area contributed by atoms with Gasteiger partial charge in [-0.2, -0.15) is 0 Å². The number of hydrogen-bond donors (Lipinski definition) is 1. The summed E-state index contributed by atoms with van der Waals surface area (Å²) in [6, 6.07) is 1.83. The Bertz CT molecular complexity index is 442. The first-order valence-corrected chi connectivity index (χ1v) is 5.79. The number of amides is 1. The number of nitrogens with zero attached hydrogens (tertiary/aromatic N) is 2. The minimum absolute atomic E-state index is 0.0470. The van der Waals surface area contributed by atoms with Crippen LogP contribution in [-0.2, 0) is 0 Å². The molecule has 1 aliphatic heterocycles. The Kier molecular flexibility index (Phi) is 3.42. The number of rotatable bonds is 2. The molecule has 0 unspecified atom stereocenters. The molecule has 0 radical (unpaired) electrons. The van der Waals surface area contributed by atoms with E-state index < -0.39 is 0 Å². The molecule has 1 aromatic rings. The highest BCUT2D eigenvalue weighted by atomic mass is 16.2. The molecule has 4 nitrogen and oxygen atoms in total. The minimum Gasteiger partial charge on any atom is -0.387 e. The number of carbonyl (C=O) groups excluding carboxylic acids is 1. The monoisotopic (exact) mass is 231 g/mol. The molecule has 0 aliphatic carbocycles. The molecule has 4 heteroatoms. The van der Waals surface area contributed by atoms with Crippen molar-refractivity contribution in [2.45, 2.75) is 6.92 Å². The number of hydrogen-bond acceptors (Lipinski definition) is 3. The third-order valence-electron chi connectivity index (χ3n) is 2.86. The maximum absolute atomic E-state index is 12.2. The first-order valence-electron chi connectivity index (χ1n) is 5.79. The quantitative estimate of drug-likeness (QED) is 0.789. The van der Waals surface area contributed by atoms with Gasteiger partial charge in [-0.15, -0.1) is 0 Å². The Morgan fingerprint density at radius 1 is 1.53 bits per heavy atom. The molecular formula is C13H17N3O. The molecule has 0 saturated carbocycles. The molecule has 1 aromatic heterocycles. The number of pyridine rings is 1. The lowest BCUT2D eigenvalue weighted by Crippen LogP contribution is -2.36. The SMILES string of the molecule is CNc1cncc(C(=O)N2CC=C[C@@H](C)C2)c1. The molecule has 0 fully saturated rings. The molecule has 1 atom stereocenters. The lowest BCUT2D eigenvalue weighted by molar-refractivity contribution is 0.0753. The number of carbonyl (C=O) groups is 1. The fraction of sp³-hybridized carbons (Fsp3) is 0.385. The van der Waals surface area contributed by atoms with Crippen molar-refractivity contribution in [2.75, 3.05) is 25.5 Å².